The van der Waals surface area contributed by atoms with E-state index in [-0.39, 0.29) is 0 Å². The second-order valence-corrected chi connectivity index (χ2v) is 7.04. The summed E-state index contributed by atoms with van der Waals surface area (Å²) in [6.07, 6.45) is 0. The highest BCUT2D eigenvalue weighted by atomic mass is 35.5. The molecule has 29 heavy (non-hydrogen) atoms. The first-order valence-corrected chi connectivity index (χ1v) is 9.54. The van der Waals surface area contributed by atoms with Gasteiger partial charge < -0.3 is 14.9 Å². The Kier molecular flexibility index (Phi) is 8.92. The predicted molar refractivity (Wildman–Crippen MR) is 110 cm³/mol. The summed E-state index contributed by atoms with van der Waals surface area (Å²) in [6, 6.07) is 16.4. The minimum atomic E-state index is -1.82. The van der Waals surface area contributed by atoms with Gasteiger partial charge in [0.25, 0.3) is 0 Å². The summed E-state index contributed by atoms with van der Waals surface area (Å²) < 4.78 is 5.45. The van der Waals surface area contributed by atoms with Crippen molar-refractivity contribution in [2.45, 2.75) is 13.1 Å². The normalized spacial score (nSPS) is 14.6. The Morgan fingerprint density at radius 3 is 2.07 bits per heavy atom. The highest BCUT2D eigenvalue weighted by Crippen LogP contribution is 2.20. The van der Waals surface area contributed by atoms with Gasteiger partial charge in [-0.25, -0.2) is 9.59 Å². The van der Waals surface area contributed by atoms with Crippen molar-refractivity contribution in [3.8, 4) is 5.75 Å². The van der Waals surface area contributed by atoms with Crippen molar-refractivity contribution in [2.24, 2.45) is 0 Å². The Hall–Kier alpha value is -2.61. The number of benzene rings is 2. The van der Waals surface area contributed by atoms with Gasteiger partial charge in [-0.05, 0) is 23.8 Å². The van der Waals surface area contributed by atoms with Crippen LogP contribution in [0.5, 0.6) is 5.75 Å². The molecule has 0 unspecified atom stereocenters. The smallest absolute Gasteiger partial charge is 0.414 e. The van der Waals surface area contributed by atoms with Gasteiger partial charge in [0.2, 0.25) is 0 Å². The van der Waals surface area contributed by atoms with Crippen molar-refractivity contribution >= 4 is 23.5 Å². The highest BCUT2D eigenvalue weighted by Gasteiger charge is 2.18. The number of hydrogen-bond donors (Lipinski definition) is 2. The van der Waals surface area contributed by atoms with E-state index in [9.17, 15) is 0 Å². The van der Waals surface area contributed by atoms with Crippen LogP contribution in [-0.4, -0.2) is 65.2 Å². The molecule has 1 heterocycles. The third kappa shape index (κ3) is 7.73. The molecular formula is C21H25ClN2O5. The summed E-state index contributed by atoms with van der Waals surface area (Å²) in [5.41, 5.74) is 2.55. The number of nitrogens with zero attached hydrogens (tertiary/aromatic N) is 2. The van der Waals surface area contributed by atoms with E-state index in [1.54, 1.807) is 7.11 Å². The van der Waals surface area contributed by atoms with Gasteiger partial charge in [-0.1, -0.05) is 41.9 Å². The molecule has 0 aromatic heterocycles. The standard InChI is InChI=1S/C19H23ClN2O.C2H2O4/c1-23-19-8-3-2-6-17(19)15-22-11-9-21(10-12-22)14-16-5-4-7-18(20)13-16;3-1(4)2(5)6/h2-8,13H,9-12,14-15H2,1H3;(H,3,4)(H,5,6). The minimum Gasteiger partial charge on any atom is -0.496 e. The Bertz CT molecular complexity index is 810. The molecule has 8 heteroatoms. The number of piperazine rings is 1. The molecule has 0 saturated carbocycles. The Labute approximate surface area is 175 Å². The maximum Gasteiger partial charge on any atom is 0.414 e. The number of carbonyl (C=O) groups is 2. The molecule has 0 aliphatic carbocycles. The summed E-state index contributed by atoms with van der Waals surface area (Å²) in [6.45, 7) is 6.26. The number of rotatable bonds is 5. The minimum absolute atomic E-state index is 0.817. The zero-order valence-electron chi connectivity index (χ0n) is 16.3. The number of aliphatic carboxylic acids is 2. The van der Waals surface area contributed by atoms with E-state index in [1.807, 2.05) is 24.3 Å². The molecule has 1 fully saturated rings. The molecule has 0 amide bonds. The lowest BCUT2D eigenvalue weighted by atomic mass is 10.1. The van der Waals surface area contributed by atoms with Crippen LogP contribution in [-0.2, 0) is 22.7 Å². The fourth-order valence-electron chi connectivity index (χ4n) is 3.07. The van der Waals surface area contributed by atoms with Crippen molar-refractivity contribution in [3.63, 3.8) is 0 Å². The number of carboxylic acids is 2. The van der Waals surface area contributed by atoms with Gasteiger partial charge in [0.1, 0.15) is 5.75 Å². The summed E-state index contributed by atoms with van der Waals surface area (Å²) in [5, 5.41) is 15.6. The van der Waals surface area contributed by atoms with Crippen LogP contribution in [0.15, 0.2) is 48.5 Å². The Morgan fingerprint density at radius 1 is 0.931 bits per heavy atom. The number of para-hydroxylation sites is 1. The van der Waals surface area contributed by atoms with Crippen LogP contribution in [0.3, 0.4) is 0 Å². The molecule has 1 saturated heterocycles. The third-order valence-corrected chi connectivity index (χ3v) is 4.76. The largest absolute Gasteiger partial charge is 0.496 e. The second-order valence-electron chi connectivity index (χ2n) is 6.60. The van der Waals surface area contributed by atoms with Gasteiger partial charge in [-0.3, -0.25) is 9.80 Å². The first-order chi connectivity index (χ1) is 13.9. The molecule has 0 bridgehead atoms. The topological polar surface area (TPSA) is 90.3 Å². The van der Waals surface area contributed by atoms with Crippen LogP contribution in [0.2, 0.25) is 5.02 Å². The lowest BCUT2D eigenvalue weighted by Gasteiger charge is -2.35. The summed E-state index contributed by atoms with van der Waals surface area (Å²) in [5.74, 6) is -2.67. The van der Waals surface area contributed by atoms with Crippen molar-refractivity contribution in [3.05, 3.63) is 64.7 Å². The fraction of sp³-hybridized carbons (Fsp3) is 0.333. The van der Waals surface area contributed by atoms with Gasteiger partial charge >= 0.3 is 11.9 Å². The quantitative estimate of drug-likeness (QED) is 0.719. The number of methoxy groups -OCH3 is 1. The summed E-state index contributed by atoms with van der Waals surface area (Å²) >= 11 is 6.07. The molecule has 1 aliphatic heterocycles. The zero-order chi connectivity index (χ0) is 21.2. The Balaban J connectivity index is 0.000000438. The van der Waals surface area contributed by atoms with Crippen LogP contribution in [0.1, 0.15) is 11.1 Å². The maximum absolute atomic E-state index is 9.10. The average molecular weight is 421 g/mol. The monoisotopic (exact) mass is 420 g/mol. The highest BCUT2D eigenvalue weighted by molar-refractivity contribution is 6.30. The molecule has 2 aromatic carbocycles. The van der Waals surface area contributed by atoms with E-state index in [0.29, 0.717) is 0 Å². The van der Waals surface area contributed by atoms with E-state index in [2.05, 4.69) is 34.1 Å². The first kappa shape index (κ1) is 22.7. The van der Waals surface area contributed by atoms with Crippen LogP contribution < -0.4 is 4.74 Å². The summed E-state index contributed by atoms with van der Waals surface area (Å²) in [4.78, 5) is 23.2. The zero-order valence-corrected chi connectivity index (χ0v) is 17.0. The van der Waals surface area contributed by atoms with Gasteiger partial charge in [-0.15, -0.1) is 0 Å². The first-order valence-electron chi connectivity index (χ1n) is 9.16. The predicted octanol–water partition coefficient (Wildman–Crippen LogP) is 2.82. The number of ether oxygens (including phenoxy) is 1. The molecule has 2 N–H and O–H groups in total. The lowest BCUT2D eigenvalue weighted by Crippen LogP contribution is -2.45. The van der Waals surface area contributed by atoms with Crippen molar-refractivity contribution in [1.29, 1.82) is 0 Å². The van der Waals surface area contributed by atoms with Gasteiger partial charge in [-0.2, -0.15) is 0 Å². The van der Waals surface area contributed by atoms with Crippen molar-refractivity contribution in [1.82, 2.24) is 9.80 Å². The van der Waals surface area contributed by atoms with Gasteiger partial charge in [0, 0.05) is 49.9 Å². The molecule has 0 atom stereocenters. The molecule has 0 spiro atoms. The number of halogens is 1. The van der Waals surface area contributed by atoms with Crippen molar-refractivity contribution < 1.29 is 24.5 Å². The third-order valence-electron chi connectivity index (χ3n) is 4.53. The maximum atomic E-state index is 9.10. The molecule has 2 aromatic rings. The van der Waals surface area contributed by atoms with E-state index in [0.717, 1.165) is 50.0 Å². The second kappa shape index (κ2) is 11.4. The number of carboxylic acid groups (broad SMARTS) is 2. The van der Waals surface area contributed by atoms with E-state index in [4.69, 9.17) is 36.1 Å². The fourth-order valence-corrected chi connectivity index (χ4v) is 3.29. The average Bonchev–Trinajstić information content (AvgIpc) is 2.70. The molecule has 7 nitrogen and oxygen atoms in total. The number of hydrogen-bond acceptors (Lipinski definition) is 5. The van der Waals surface area contributed by atoms with Gasteiger partial charge in [0.05, 0.1) is 7.11 Å². The van der Waals surface area contributed by atoms with Crippen LogP contribution in [0.25, 0.3) is 0 Å². The molecule has 156 valence electrons. The van der Waals surface area contributed by atoms with Gasteiger partial charge in [0.15, 0.2) is 0 Å². The van der Waals surface area contributed by atoms with Crippen LogP contribution in [0.4, 0.5) is 0 Å². The van der Waals surface area contributed by atoms with E-state index >= 15 is 0 Å². The van der Waals surface area contributed by atoms with E-state index < -0.39 is 11.9 Å². The molecule has 3 rings (SSSR count). The SMILES string of the molecule is COc1ccccc1CN1CCN(Cc2cccc(Cl)c2)CC1.O=C(O)C(=O)O. The Morgan fingerprint density at radius 2 is 1.52 bits per heavy atom. The molecule has 1 aliphatic rings. The lowest BCUT2D eigenvalue weighted by molar-refractivity contribution is -0.159. The van der Waals surface area contributed by atoms with Crippen molar-refractivity contribution in [2.75, 3.05) is 33.3 Å². The molecular weight excluding hydrogens is 396 g/mol. The van der Waals surface area contributed by atoms with E-state index in [1.165, 1.54) is 11.1 Å². The summed E-state index contributed by atoms with van der Waals surface area (Å²) in [7, 11) is 1.74. The molecule has 0 radical (unpaired) electrons. The van der Waals surface area contributed by atoms with Crippen LogP contribution >= 0.6 is 11.6 Å². The van der Waals surface area contributed by atoms with Crippen LogP contribution in [0, 0.1) is 0 Å².